The Labute approximate surface area is 225 Å². The Balaban J connectivity index is 1.91. The van der Waals surface area contributed by atoms with Gasteiger partial charge < -0.3 is 14.5 Å². The first-order valence-corrected chi connectivity index (χ1v) is 14.2. The van der Waals surface area contributed by atoms with Gasteiger partial charge in [-0.25, -0.2) is 28.2 Å². The summed E-state index contributed by atoms with van der Waals surface area (Å²) in [4.78, 5) is 24.7. The van der Waals surface area contributed by atoms with Crippen molar-refractivity contribution in [2.45, 2.75) is 70.4 Å². The molecule has 2 N–H and O–H groups in total. The van der Waals surface area contributed by atoms with Crippen LogP contribution in [0.25, 0.3) is 11.1 Å². The molecule has 38 heavy (non-hydrogen) atoms. The Morgan fingerprint density at radius 2 is 1.71 bits per heavy atom. The molecule has 10 heteroatoms. The van der Waals surface area contributed by atoms with Crippen molar-refractivity contribution < 1.29 is 27.5 Å². The average Bonchev–Trinajstić information content (AvgIpc) is 3.19. The van der Waals surface area contributed by atoms with Gasteiger partial charge in [0.15, 0.2) is 0 Å². The third-order valence-corrected chi connectivity index (χ3v) is 7.36. The monoisotopic (exact) mass is 543 g/mol. The number of amides is 1. The number of hydrogen-bond acceptors (Lipinski definition) is 8. The normalized spacial score (nSPS) is 15.9. The van der Waals surface area contributed by atoms with E-state index in [2.05, 4.69) is 12.3 Å². The SMILES string of the molecule is CCCN1NC(CC)C(C(=O)OC)=C1Cc1ccc(-c2ccccc2S(=O)(=O)NC(=O)OC(C)(C)C)cc1. The molecule has 0 bridgehead atoms. The summed E-state index contributed by atoms with van der Waals surface area (Å²) in [5.41, 5.74) is 6.17. The van der Waals surface area contributed by atoms with Crippen molar-refractivity contribution in [1.82, 2.24) is 15.2 Å². The number of nitrogens with one attached hydrogen (secondary N) is 2. The molecule has 0 fully saturated rings. The van der Waals surface area contributed by atoms with Gasteiger partial charge in [-0.1, -0.05) is 56.3 Å². The van der Waals surface area contributed by atoms with E-state index in [0.29, 0.717) is 23.1 Å². The number of esters is 1. The molecule has 1 unspecified atom stereocenters. The number of sulfonamides is 1. The van der Waals surface area contributed by atoms with Crippen LogP contribution < -0.4 is 10.1 Å². The van der Waals surface area contributed by atoms with Gasteiger partial charge in [0.25, 0.3) is 10.0 Å². The number of hydrogen-bond donors (Lipinski definition) is 2. The van der Waals surface area contributed by atoms with Gasteiger partial charge in [0.05, 0.1) is 23.6 Å². The van der Waals surface area contributed by atoms with E-state index < -0.39 is 21.7 Å². The number of benzene rings is 2. The van der Waals surface area contributed by atoms with Gasteiger partial charge in [-0.2, -0.15) is 0 Å². The number of hydrazine groups is 1. The smallest absolute Gasteiger partial charge is 0.421 e. The maximum absolute atomic E-state index is 13.0. The first-order valence-electron chi connectivity index (χ1n) is 12.7. The topological polar surface area (TPSA) is 114 Å². The fraction of sp³-hybridized carbons (Fsp3) is 0.429. The van der Waals surface area contributed by atoms with Crippen molar-refractivity contribution in [3.8, 4) is 11.1 Å². The van der Waals surface area contributed by atoms with Gasteiger partial charge >= 0.3 is 12.1 Å². The molecule has 0 aliphatic carbocycles. The van der Waals surface area contributed by atoms with Crippen LogP contribution in [0.5, 0.6) is 0 Å². The Morgan fingerprint density at radius 3 is 2.29 bits per heavy atom. The lowest BCUT2D eigenvalue weighted by Gasteiger charge is -2.23. The van der Waals surface area contributed by atoms with Crippen LogP contribution in [0.4, 0.5) is 4.79 Å². The van der Waals surface area contributed by atoms with Gasteiger partial charge in [-0.15, -0.1) is 0 Å². The fourth-order valence-electron chi connectivity index (χ4n) is 4.35. The highest BCUT2D eigenvalue weighted by Gasteiger charge is 2.34. The number of allylic oxidation sites excluding steroid dienone is 1. The molecule has 0 aromatic heterocycles. The Hall–Kier alpha value is -3.37. The standard InChI is InChI=1S/C28H37N3O6S/c1-7-17-31-23(25(26(32)36-6)22(8-2)29-31)18-19-13-15-20(16-14-19)21-11-9-10-12-24(21)38(34,35)30-27(33)37-28(3,4)5/h9-16,22,29H,7-8,17-18H2,1-6H3,(H,30,33). The molecular weight excluding hydrogens is 506 g/mol. The molecule has 1 aliphatic heterocycles. The minimum absolute atomic E-state index is 0.0332. The van der Waals surface area contributed by atoms with E-state index in [1.807, 2.05) is 40.9 Å². The molecule has 1 atom stereocenters. The third kappa shape index (κ3) is 6.93. The van der Waals surface area contributed by atoms with Crippen LogP contribution in [-0.2, 0) is 30.7 Å². The highest BCUT2D eigenvalue weighted by Crippen LogP contribution is 2.30. The minimum atomic E-state index is -4.18. The summed E-state index contributed by atoms with van der Waals surface area (Å²) in [6, 6.07) is 13.8. The van der Waals surface area contributed by atoms with E-state index in [1.165, 1.54) is 13.2 Å². The molecule has 2 aromatic carbocycles. The van der Waals surface area contributed by atoms with E-state index in [0.717, 1.165) is 30.6 Å². The summed E-state index contributed by atoms with van der Waals surface area (Å²) in [5.74, 6) is -0.341. The lowest BCUT2D eigenvalue weighted by molar-refractivity contribution is -0.136. The summed E-state index contributed by atoms with van der Waals surface area (Å²) < 4.78 is 38.3. The Bertz CT molecular complexity index is 1300. The summed E-state index contributed by atoms with van der Waals surface area (Å²) in [6.45, 7) is 9.82. The van der Waals surface area contributed by atoms with Crippen molar-refractivity contribution in [3.05, 3.63) is 65.4 Å². The van der Waals surface area contributed by atoms with Crippen molar-refractivity contribution in [1.29, 1.82) is 0 Å². The molecule has 206 valence electrons. The largest absolute Gasteiger partial charge is 0.466 e. The van der Waals surface area contributed by atoms with Gasteiger partial charge in [0.1, 0.15) is 5.60 Å². The first kappa shape index (κ1) is 29.2. The third-order valence-electron chi connectivity index (χ3n) is 5.99. The number of carbonyl (C=O) groups excluding carboxylic acids is 2. The maximum atomic E-state index is 13.0. The van der Waals surface area contributed by atoms with Crippen LogP contribution in [-0.4, -0.2) is 50.8 Å². The van der Waals surface area contributed by atoms with Gasteiger partial charge in [-0.3, -0.25) is 0 Å². The highest BCUT2D eigenvalue weighted by atomic mass is 32.2. The molecule has 1 aliphatic rings. The second-order valence-corrected chi connectivity index (χ2v) is 11.7. The van der Waals surface area contributed by atoms with Crippen LogP contribution in [0.1, 0.15) is 53.0 Å². The zero-order chi connectivity index (χ0) is 28.1. The molecule has 0 saturated carbocycles. The van der Waals surface area contributed by atoms with Crippen molar-refractivity contribution in [3.63, 3.8) is 0 Å². The highest BCUT2D eigenvalue weighted by molar-refractivity contribution is 7.90. The lowest BCUT2D eigenvalue weighted by Crippen LogP contribution is -2.38. The molecule has 9 nitrogen and oxygen atoms in total. The van der Waals surface area contributed by atoms with E-state index in [1.54, 1.807) is 39.0 Å². The Kier molecular flexibility index (Phi) is 9.22. The zero-order valence-electron chi connectivity index (χ0n) is 22.8. The van der Waals surface area contributed by atoms with Crippen molar-refractivity contribution in [2.24, 2.45) is 0 Å². The van der Waals surface area contributed by atoms with Crippen LogP contribution in [0.15, 0.2) is 64.7 Å². The van der Waals surface area contributed by atoms with Gasteiger partial charge in [0.2, 0.25) is 0 Å². The van der Waals surface area contributed by atoms with Crippen LogP contribution in [0.3, 0.4) is 0 Å². The zero-order valence-corrected chi connectivity index (χ0v) is 23.6. The predicted octanol–water partition coefficient (Wildman–Crippen LogP) is 4.55. The fourth-order valence-corrected chi connectivity index (χ4v) is 5.46. The predicted molar refractivity (Wildman–Crippen MR) is 145 cm³/mol. The number of ether oxygens (including phenoxy) is 2. The minimum Gasteiger partial charge on any atom is -0.466 e. The molecule has 3 rings (SSSR count). The Morgan fingerprint density at radius 1 is 1.05 bits per heavy atom. The van der Waals surface area contributed by atoms with E-state index in [9.17, 15) is 18.0 Å². The maximum Gasteiger partial charge on any atom is 0.421 e. The lowest BCUT2D eigenvalue weighted by atomic mass is 9.98. The quantitative estimate of drug-likeness (QED) is 0.443. The summed E-state index contributed by atoms with van der Waals surface area (Å²) in [5, 5.41) is 2.03. The van der Waals surface area contributed by atoms with Gasteiger partial charge in [0, 0.05) is 24.2 Å². The van der Waals surface area contributed by atoms with E-state index >= 15 is 0 Å². The summed E-state index contributed by atoms with van der Waals surface area (Å²) in [6.07, 6.45) is 1.12. The number of carbonyl (C=O) groups is 2. The second-order valence-electron chi connectivity index (χ2n) is 10.1. The molecule has 0 saturated heterocycles. The molecule has 0 spiro atoms. The second kappa shape index (κ2) is 12.0. The average molecular weight is 544 g/mol. The number of methoxy groups -OCH3 is 1. The van der Waals surface area contributed by atoms with E-state index in [4.69, 9.17) is 9.47 Å². The van der Waals surface area contributed by atoms with Crippen LogP contribution >= 0.6 is 0 Å². The van der Waals surface area contributed by atoms with Crippen molar-refractivity contribution in [2.75, 3.05) is 13.7 Å². The molecular formula is C28H37N3O6S. The number of nitrogens with zero attached hydrogens (tertiary/aromatic N) is 1. The molecule has 1 heterocycles. The van der Waals surface area contributed by atoms with Crippen molar-refractivity contribution >= 4 is 22.1 Å². The van der Waals surface area contributed by atoms with Crippen LogP contribution in [0, 0.1) is 0 Å². The van der Waals surface area contributed by atoms with Crippen LogP contribution in [0.2, 0.25) is 0 Å². The molecule has 0 radical (unpaired) electrons. The number of rotatable bonds is 9. The summed E-state index contributed by atoms with van der Waals surface area (Å²) in [7, 11) is -2.79. The first-order chi connectivity index (χ1) is 17.9. The summed E-state index contributed by atoms with van der Waals surface area (Å²) >= 11 is 0. The molecule has 2 aromatic rings. The molecule has 1 amide bonds. The van der Waals surface area contributed by atoms with Gasteiger partial charge in [-0.05, 0) is 50.8 Å². The van der Waals surface area contributed by atoms with E-state index in [-0.39, 0.29) is 16.9 Å².